The number of carbonyl (C=O) groups is 2. The monoisotopic (exact) mass is 612 g/mol. The summed E-state index contributed by atoms with van der Waals surface area (Å²) >= 11 is 0. The van der Waals surface area contributed by atoms with Crippen molar-refractivity contribution < 1.29 is 38.9 Å². The molecular weight excluding hydrogens is 582 g/mol. The van der Waals surface area contributed by atoms with E-state index in [-0.39, 0.29) is 55.9 Å². The predicted molar refractivity (Wildman–Crippen MR) is 157 cm³/mol. The van der Waals surface area contributed by atoms with Crippen molar-refractivity contribution in [3.63, 3.8) is 0 Å². The van der Waals surface area contributed by atoms with Crippen LogP contribution in [0.25, 0.3) is 11.6 Å². The Morgan fingerprint density at radius 3 is 2.57 bits per heavy atom. The van der Waals surface area contributed by atoms with Crippen molar-refractivity contribution in [2.45, 2.75) is 60.3 Å². The zero-order chi connectivity index (χ0) is 29.2. The number of ketones is 1. The number of carbonyl (C=O) groups excluding carboxylic acids is 2. The first-order valence-electron chi connectivity index (χ1n) is 14.1. The average molecular weight is 614 g/mol. The van der Waals surface area contributed by atoms with E-state index in [4.69, 9.17) is 24.7 Å². The van der Waals surface area contributed by atoms with Gasteiger partial charge in [0, 0.05) is 41.6 Å². The van der Waals surface area contributed by atoms with Gasteiger partial charge in [-0.2, -0.15) is 0 Å². The Morgan fingerprint density at radius 1 is 1.12 bits per heavy atom. The molecule has 9 heteroatoms. The van der Waals surface area contributed by atoms with Crippen LogP contribution in [0.15, 0.2) is 72.8 Å². The van der Waals surface area contributed by atoms with Gasteiger partial charge in [0.15, 0.2) is 5.78 Å². The van der Waals surface area contributed by atoms with E-state index in [9.17, 15) is 14.7 Å². The Labute approximate surface area is 257 Å². The van der Waals surface area contributed by atoms with Crippen LogP contribution in [0.2, 0.25) is 0 Å². The zero-order valence-corrected chi connectivity index (χ0v) is 27.9. The van der Waals surface area contributed by atoms with Gasteiger partial charge >= 0.3 is 25.4 Å². The number of rotatable bonds is 4. The fraction of sp³-hybridized carbons (Fsp3) is 0.364. The SMILES string of the molecule is CCC1=C(C)C2=CC3=NC(=C(C)/C3=C/[O-])C=C3N=C(C4=c5[n-]c(c(C)c5C(=O)C4)=CC1=N2)[C@@H](CCC(=O)OC)[C@@H]3C.[Zn+2]. The standard InChI is InChI=1S/C33H34N4O4.Zn/c1-7-19-15(2)24-12-28-22(14-38)17(4)23(35-28)11-25-16(3)20(8-9-30(40)41-6)32(36-25)21-10-29(39)31-18(5)26(37-33(21)31)13-27(19)34-24;/h11-14,16,20H,7-10H2,1-6H3,(H2,34,35,36,37,38,39);/q;+2/p-2/t16-,20-;/m0./s1. The summed E-state index contributed by atoms with van der Waals surface area (Å²) in [5, 5.41) is 13.6. The van der Waals surface area contributed by atoms with Crippen LogP contribution in [-0.4, -0.2) is 36.0 Å². The number of hydrogen-bond donors (Lipinski definition) is 0. The van der Waals surface area contributed by atoms with Crippen molar-refractivity contribution in [3.8, 4) is 0 Å². The number of hydrogen-bond acceptors (Lipinski definition) is 7. The van der Waals surface area contributed by atoms with Crippen molar-refractivity contribution >= 4 is 40.5 Å². The van der Waals surface area contributed by atoms with E-state index in [1.54, 1.807) is 0 Å². The summed E-state index contributed by atoms with van der Waals surface area (Å²) in [5.41, 5.74) is 10.2. The molecule has 6 rings (SSSR count). The number of aromatic nitrogens is 1. The molecule has 0 saturated heterocycles. The first-order chi connectivity index (χ1) is 19.7. The number of fused-ring (bicyclic) bond motifs is 5. The summed E-state index contributed by atoms with van der Waals surface area (Å²) in [6.07, 6.45) is 8.39. The second kappa shape index (κ2) is 11.2. The third kappa shape index (κ3) is 4.59. The van der Waals surface area contributed by atoms with E-state index in [2.05, 4.69) is 13.8 Å². The molecule has 4 aliphatic heterocycles. The van der Waals surface area contributed by atoms with Crippen molar-refractivity contribution in [1.29, 1.82) is 0 Å². The fourth-order valence-corrected chi connectivity index (χ4v) is 6.53. The van der Waals surface area contributed by atoms with Gasteiger partial charge in [-0.25, -0.2) is 9.98 Å². The molecule has 42 heavy (non-hydrogen) atoms. The van der Waals surface area contributed by atoms with Crippen LogP contribution in [0.5, 0.6) is 0 Å². The van der Waals surface area contributed by atoms with Crippen molar-refractivity contribution in [2.75, 3.05) is 7.11 Å². The second-order valence-electron chi connectivity index (χ2n) is 11.2. The number of ether oxygens (including phenoxy) is 1. The van der Waals surface area contributed by atoms with Gasteiger partial charge < -0.3 is 14.8 Å². The minimum atomic E-state index is -0.285. The summed E-state index contributed by atoms with van der Waals surface area (Å²) in [7, 11) is 1.39. The Morgan fingerprint density at radius 2 is 1.88 bits per heavy atom. The number of allylic oxidation sites excluding steroid dienone is 7. The quantitative estimate of drug-likeness (QED) is 0.294. The molecule has 0 aromatic carbocycles. The Balaban J connectivity index is 0.00000353. The van der Waals surface area contributed by atoms with Gasteiger partial charge in [-0.05, 0) is 73.6 Å². The molecule has 0 unspecified atom stereocenters. The molecule has 8 bridgehead atoms. The van der Waals surface area contributed by atoms with Gasteiger partial charge in [-0.15, -0.1) is 17.0 Å². The van der Waals surface area contributed by atoms with Crippen molar-refractivity contribution in [1.82, 2.24) is 4.98 Å². The van der Waals surface area contributed by atoms with Crippen LogP contribution in [0.1, 0.15) is 69.3 Å². The van der Waals surface area contributed by atoms with Crippen LogP contribution in [0.3, 0.4) is 0 Å². The molecule has 1 aliphatic carbocycles. The van der Waals surface area contributed by atoms with Gasteiger partial charge in [-0.3, -0.25) is 14.6 Å². The molecule has 210 valence electrons. The van der Waals surface area contributed by atoms with E-state index in [1.165, 1.54) is 7.11 Å². The maximum atomic E-state index is 13.4. The molecule has 0 fully saturated rings. The maximum Gasteiger partial charge on any atom is 2.00 e. The van der Waals surface area contributed by atoms with Gasteiger partial charge in [0.2, 0.25) is 0 Å². The van der Waals surface area contributed by atoms with E-state index in [1.807, 2.05) is 39.0 Å². The molecule has 0 spiro atoms. The summed E-state index contributed by atoms with van der Waals surface area (Å²) < 4.78 is 4.93. The van der Waals surface area contributed by atoms with Crippen molar-refractivity contribution in [3.05, 3.63) is 79.6 Å². The summed E-state index contributed by atoms with van der Waals surface area (Å²) in [6.45, 7) is 10.0. The third-order valence-electron chi connectivity index (χ3n) is 8.99. The summed E-state index contributed by atoms with van der Waals surface area (Å²) in [6, 6.07) is 0. The molecule has 5 heterocycles. The molecule has 8 nitrogen and oxygen atoms in total. The molecule has 0 N–H and O–H groups in total. The largest absolute Gasteiger partial charge is 2.00 e. The van der Waals surface area contributed by atoms with Gasteiger partial charge in [0.1, 0.15) is 0 Å². The normalized spacial score (nSPS) is 23.5. The van der Waals surface area contributed by atoms with Gasteiger partial charge in [0.05, 0.1) is 29.9 Å². The Hall–Kier alpha value is -3.71. The number of aliphatic imine (C=N–C) groups is 3. The topological polar surface area (TPSA) is 118 Å². The molecule has 1 aromatic rings. The zero-order valence-electron chi connectivity index (χ0n) is 24.9. The molecule has 0 saturated carbocycles. The van der Waals surface area contributed by atoms with Gasteiger partial charge in [0.25, 0.3) is 0 Å². The smallest absolute Gasteiger partial charge is 0.877 e. The number of esters is 1. The number of methoxy groups -OCH3 is 1. The maximum absolute atomic E-state index is 13.4. The van der Waals surface area contributed by atoms with Gasteiger partial charge in [-0.1, -0.05) is 25.5 Å². The molecular formula is C33H32N4O4Zn. The van der Waals surface area contributed by atoms with Crippen LogP contribution < -0.4 is 20.8 Å². The van der Waals surface area contributed by atoms with Crippen LogP contribution in [0, 0.1) is 18.8 Å². The van der Waals surface area contributed by atoms with E-state index < -0.39 is 0 Å². The van der Waals surface area contributed by atoms with E-state index >= 15 is 0 Å². The van der Waals surface area contributed by atoms with Crippen LogP contribution in [0.4, 0.5) is 0 Å². The average Bonchev–Trinajstić information content (AvgIpc) is 3.70. The number of Topliss-reactive ketones (excluding diaryl/α,β-unsaturated/α-hetero) is 1. The first kappa shape index (κ1) is 29.8. The van der Waals surface area contributed by atoms with E-state index in [0.717, 1.165) is 68.7 Å². The Kier molecular flexibility index (Phi) is 7.92. The second-order valence-corrected chi connectivity index (χ2v) is 11.2. The third-order valence-corrected chi connectivity index (χ3v) is 8.99. The fourth-order valence-electron chi connectivity index (χ4n) is 6.53. The predicted octanol–water partition coefficient (Wildman–Crippen LogP) is 3.06. The van der Waals surface area contributed by atoms with E-state index in [0.29, 0.717) is 34.3 Å². The molecule has 1 aromatic heterocycles. The summed E-state index contributed by atoms with van der Waals surface area (Å²) in [5.74, 6) is -0.400. The first-order valence-corrected chi connectivity index (χ1v) is 14.1. The Bertz CT molecular complexity index is 1820. The van der Waals surface area contributed by atoms with Crippen LogP contribution >= 0.6 is 0 Å². The molecule has 0 radical (unpaired) electrons. The molecule has 5 aliphatic rings. The minimum absolute atomic E-state index is 0. The van der Waals surface area contributed by atoms with Crippen LogP contribution in [-0.2, 0) is 29.0 Å². The molecule has 2 atom stereocenters. The minimum Gasteiger partial charge on any atom is -0.877 e. The summed E-state index contributed by atoms with van der Waals surface area (Å²) in [4.78, 5) is 45.4. The van der Waals surface area contributed by atoms with Crippen molar-refractivity contribution in [2.24, 2.45) is 26.8 Å². The molecule has 0 amide bonds. The number of nitrogens with zero attached hydrogens (tertiary/aromatic N) is 4.